The van der Waals surface area contributed by atoms with Crippen LogP contribution in [0.15, 0.2) is 97.1 Å². The minimum Gasteiger partial charge on any atom is -0.371 e. The first-order valence-corrected chi connectivity index (χ1v) is 9.07. The number of hydrogen-bond donors (Lipinski definition) is 1. The highest BCUT2D eigenvalue weighted by molar-refractivity contribution is 6.24. The first kappa shape index (κ1) is 16.8. The van der Waals surface area contributed by atoms with Gasteiger partial charge in [0, 0.05) is 6.42 Å². The van der Waals surface area contributed by atoms with Gasteiger partial charge in [0.2, 0.25) is 0 Å². The number of allylic oxidation sites excluding steroid dienone is 2. The van der Waals surface area contributed by atoms with Crippen molar-refractivity contribution in [2.24, 2.45) is 0 Å². The van der Waals surface area contributed by atoms with E-state index in [-0.39, 0.29) is 0 Å². The maximum atomic E-state index is 9.95. The second-order valence-electron chi connectivity index (χ2n) is 6.47. The Hall–Kier alpha value is -2.61. The molecule has 0 amide bonds. The van der Waals surface area contributed by atoms with Gasteiger partial charge in [0.15, 0.2) is 5.06 Å². The van der Waals surface area contributed by atoms with Crippen LogP contribution in [-0.4, -0.2) is 10.2 Å². The van der Waals surface area contributed by atoms with Gasteiger partial charge in [-0.1, -0.05) is 103 Å². The van der Waals surface area contributed by atoms with Gasteiger partial charge in [-0.25, -0.2) is 0 Å². The van der Waals surface area contributed by atoms with Crippen LogP contribution in [0.3, 0.4) is 0 Å². The number of benzene rings is 3. The van der Waals surface area contributed by atoms with Crippen molar-refractivity contribution in [1.29, 1.82) is 0 Å². The van der Waals surface area contributed by atoms with Gasteiger partial charge in [-0.15, -0.1) is 0 Å². The lowest BCUT2D eigenvalue weighted by atomic mass is 9.88. The molecule has 1 unspecified atom stereocenters. The third kappa shape index (κ3) is 3.37. The standard InChI is InChI=1S/C24H19ClO/c25-24(26)16-14-19(15-17-24)21-11-5-7-13-23(21)22-12-6-4-10-20(22)18-8-2-1-3-9-18/h1-16,26H,17H2. The van der Waals surface area contributed by atoms with E-state index in [1.807, 2.05) is 24.3 Å². The molecule has 0 aliphatic heterocycles. The minimum absolute atomic E-state index is 0.398. The summed E-state index contributed by atoms with van der Waals surface area (Å²) in [5.41, 5.74) is 6.97. The Kier molecular flexibility index (Phi) is 4.50. The van der Waals surface area contributed by atoms with Gasteiger partial charge in [-0.05, 0) is 39.5 Å². The third-order valence-electron chi connectivity index (χ3n) is 4.67. The Morgan fingerprint density at radius 3 is 1.85 bits per heavy atom. The van der Waals surface area contributed by atoms with Crippen molar-refractivity contribution < 1.29 is 5.11 Å². The first-order valence-electron chi connectivity index (χ1n) is 8.69. The number of aliphatic hydroxyl groups is 1. The van der Waals surface area contributed by atoms with E-state index in [1.165, 1.54) is 22.3 Å². The van der Waals surface area contributed by atoms with Crippen LogP contribution in [0.25, 0.3) is 27.8 Å². The normalized spacial score (nSPS) is 19.2. The van der Waals surface area contributed by atoms with E-state index in [0.29, 0.717) is 6.42 Å². The fourth-order valence-corrected chi connectivity index (χ4v) is 3.50. The summed E-state index contributed by atoms with van der Waals surface area (Å²) in [5.74, 6) is 0. The van der Waals surface area contributed by atoms with Crippen molar-refractivity contribution in [2.75, 3.05) is 0 Å². The summed E-state index contributed by atoms with van der Waals surface area (Å²) in [4.78, 5) is 0. The number of hydrogen-bond acceptors (Lipinski definition) is 1. The molecule has 128 valence electrons. The van der Waals surface area contributed by atoms with Gasteiger partial charge in [0.25, 0.3) is 0 Å². The average molecular weight is 359 g/mol. The van der Waals surface area contributed by atoms with Gasteiger partial charge >= 0.3 is 0 Å². The maximum Gasteiger partial charge on any atom is 0.161 e. The van der Waals surface area contributed by atoms with Crippen molar-refractivity contribution in [1.82, 2.24) is 0 Å². The molecule has 0 saturated carbocycles. The summed E-state index contributed by atoms with van der Waals surface area (Å²) in [7, 11) is 0. The van der Waals surface area contributed by atoms with Crippen molar-refractivity contribution in [3.05, 3.63) is 103 Å². The fraction of sp³-hybridized carbons (Fsp3) is 0.0833. The first-order chi connectivity index (χ1) is 12.6. The highest BCUT2D eigenvalue weighted by Gasteiger charge is 2.22. The van der Waals surface area contributed by atoms with Crippen LogP contribution >= 0.6 is 11.6 Å². The summed E-state index contributed by atoms with van der Waals surface area (Å²) in [6, 6.07) is 27.2. The molecule has 0 saturated heterocycles. The van der Waals surface area contributed by atoms with E-state index in [4.69, 9.17) is 11.6 Å². The van der Waals surface area contributed by atoms with Crippen LogP contribution < -0.4 is 0 Å². The zero-order valence-electron chi connectivity index (χ0n) is 14.3. The van der Waals surface area contributed by atoms with Gasteiger partial charge in [0.1, 0.15) is 0 Å². The van der Waals surface area contributed by atoms with Crippen LogP contribution in [-0.2, 0) is 0 Å². The number of rotatable bonds is 3. The van der Waals surface area contributed by atoms with Crippen molar-refractivity contribution in [3.8, 4) is 22.3 Å². The molecule has 0 fully saturated rings. The molecule has 4 rings (SSSR count). The number of alkyl halides is 1. The molecule has 2 heteroatoms. The Bertz CT molecular complexity index is 984. The molecule has 0 aromatic heterocycles. The lowest BCUT2D eigenvalue weighted by Crippen LogP contribution is -2.17. The van der Waals surface area contributed by atoms with E-state index in [0.717, 1.165) is 11.1 Å². The van der Waals surface area contributed by atoms with E-state index in [2.05, 4.69) is 66.7 Å². The third-order valence-corrected chi connectivity index (χ3v) is 4.95. The summed E-state index contributed by atoms with van der Waals surface area (Å²) < 4.78 is 0. The fourth-order valence-electron chi connectivity index (χ4n) is 3.36. The molecule has 1 aliphatic carbocycles. The Morgan fingerprint density at radius 2 is 1.23 bits per heavy atom. The molecular formula is C24H19ClO. The summed E-state index contributed by atoms with van der Waals surface area (Å²) in [6.07, 6.45) is 5.95. The lowest BCUT2D eigenvalue weighted by molar-refractivity contribution is 0.182. The second-order valence-corrected chi connectivity index (χ2v) is 7.13. The van der Waals surface area contributed by atoms with Gasteiger partial charge in [-0.3, -0.25) is 0 Å². The maximum absolute atomic E-state index is 9.95. The van der Waals surface area contributed by atoms with E-state index < -0.39 is 5.06 Å². The van der Waals surface area contributed by atoms with Crippen LogP contribution in [0, 0.1) is 0 Å². The number of halogens is 1. The molecule has 1 nitrogen and oxygen atoms in total. The molecule has 3 aromatic rings. The van der Waals surface area contributed by atoms with Gasteiger partial charge in [-0.2, -0.15) is 0 Å². The Morgan fingerprint density at radius 1 is 0.692 bits per heavy atom. The zero-order valence-corrected chi connectivity index (χ0v) is 15.0. The smallest absolute Gasteiger partial charge is 0.161 e. The second kappa shape index (κ2) is 6.95. The molecule has 3 aromatic carbocycles. The summed E-state index contributed by atoms with van der Waals surface area (Å²) in [5, 5.41) is 8.67. The SMILES string of the molecule is OC1(Cl)C=CC(c2ccccc2-c2ccccc2-c2ccccc2)=CC1. The Balaban J connectivity index is 1.85. The van der Waals surface area contributed by atoms with Crippen molar-refractivity contribution in [3.63, 3.8) is 0 Å². The molecule has 1 atom stereocenters. The molecule has 0 spiro atoms. The lowest BCUT2D eigenvalue weighted by Gasteiger charge is -2.21. The summed E-state index contributed by atoms with van der Waals surface area (Å²) in [6.45, 7) is 0. The molecule has 26 heavy (non-hydrogen) atoms. The van der Waals surface area contributed by atoms with Crippen LogP contribution in [0.1, 0.15) is 12.0 Å². The van der Waals surface area contributed by atoms with Crippen molar-refractivity contribution in [2.45, 2.75) is 11.5 Å². The van der Waals surface area contributed by atoms with Gasteiger partial charge in [0.05, 0.1) is 0 Å². The molecule has 0 bridgehead atoms. The van der Waals surface area contributed by atoms with E-state index in [9.17, 15) is 5.11 Å². The van der Waals surface area contributed by atoms with E-state index in [1.54, 1.807) is 6.08 Å². The largest absolute Gasteiger partial charge is 0.371 e. The molecule has 0 radical (unpaired) electrons. The predicted molar refractivity (Wildman–Crippen MR) is 110 cm³/mol. The molecule has 1 N–H and O–H groups in total. The zero-order chi connectivity index (χ0) is 18.0. The highest BCUT2D eigenvalue weighted by atomic mass is 35.5. The molecule has 0 heterocycles. The molecular weight excluding hydrogens is 340 g/mol. The topological polar surface area (TPSA) is 20.2 Å². The average Bonchev–Trinajstić information content (AvgIpc) is 2.69. The van der Waals surface area contributed by atoms with Crippen LogP contribution in [0.4, 0.5) is 0 Å². The van der Waals surface area contributed by atoms with Crippen LogP contribution in [0.5, 0.6) is 0 Å². The van der Waals surface area contributed by atoms with Crippen LogP contribution in [0.2, 0.25) is 0 Å². The van der Waals surface area contributed by atoms with Gasteiger partial charge < -0.3 is 5.11 Å². The monoisotopic (exact) mass is 358 g/mol. The van der Waals surface area contributed by atoms with E-state index >= 15 is 0 Å². The minimum atomic E-state index is -1.28. The highest BCUT2D eigenvalue weighted by Crippen LogP contribution is 2.38. The molecule has 1 aliphatic rings. The Labute approximate surface area is 158 Å². The predicted octanol–water partition coefficient (Wildman–Crippen LogP) is 6.29. The summed E-state index contributed by atoms with van der Waals surface area (Å²) >= 11 is 6.01. The quantitative estimate of drug-likeness (QED) is 0.545. The van der Waals surface area contributed by atoms with Crippen molar-refractivity contribution >= 4 is 17.2 Å².